The van der Waals surface area contributed by atoms with Gasteiger partial charge < -0.3 is 0 Å². The Morgan fingerprint density at radius 2 is 2.17 bits per heavy atom. The Labute approximate surface area is 118 Å². The van der Waals surface area contributed by atoms with Gasteiger partial charge in [0.25, 0.3) is 10.0 Å². The first-order valence-corrected chi connectivity index (χ1v) is 7.53. The number of rotatable bonds is 3. The number of aromatic nitrogens is 2. The number of nitrogens with one attached hydrogen (secondary N) is 2. The lowest BCUT2D eigenvalue weighted by Crippen LogP contribution is -2.14. The van der Waals surface area contributed by atoms with Gasteiger partial charge in [-0.3, -0.25) is 9.82 Å². The van der Waals surface area contributed by atoms with Crippen LogP contribution in [-0.2, 0) is 10.0 Å². The fraction of sp³-hybridized carbons (Fsp3) is 0.100. The smallest absolute Gasteiger partial charge is 0.263 e. The molecule has 0 unspecified atom stereocenters. The molecule has 1 heterocycles. The fourth-order valence-electron chi connectivity index (χ4n) is 1.33. The highest BCUT2D eigenvalue weighted by molar-refractivity contribution is 9.10. The van der Waals surface area contributed by atoms with E-state index in [1.165, 1.54) is 18.3 Å². The van der Waals surface area contributed by atoms with E-state index in [2.05, 4.69) is 30.8 Å². The van der Waals surface area contributed by atoms with E-state index in [-0.39, 0.29) is 9.92 Å². The summed E-state index contributed by atoms with van der Waals surface area (Å²) in [5.74, 6) is 0.328. The minimum absolute atomic E-state index is 0.0152. The summed E-state index contributed by atoms with van der Waals surface area (Å²) >= 11 is 9.14. The third kappa shape index (κ3) is 2.68. The summed E-state index contributed by atoms with van der Waals surface area (Å²) in [6, 6.07) is 4.57. The van der Waals surface area contributed by atoms with E-state index in [1.54, 1.807) is 13.0 Å². The van der Waals surface area contributed by atoms with Crippen molar-refractivity contribution in [3.8, 4) is 0 Å². The SMILES string of the molecule is Cc1cn[nH]c1NS(=O)(=O)c1ccc(Br)cc1Cl. The van der Waals surface area contributed by atoms with Crippen LogP contribution in [0, 0.1) is 6.92 Å². The quantitative estimate of drug-likeness (QED) is 0.893. The van der Waals surface area contributed by atoms with Crippen LogP contribution in [0.3, 0.4) is 0 Å². The van der Waals surface area contributed by atoms with Crippen LogP contribution in [0.4, 0.5) is 5.82 Å². The molecule has 0 bridgehead atoms. The molecule has 96 valence electrons. The number of nitrogens with zero attached hydrogens (tertiary/aromatic N) is 1. The number of aryl methyl sites for hydroxylation is 1. The molecule has 8 heteroatoms. The van der Waals surface area contributed by atoms with Crippen LogP contribution >= 0.6 is 27.5 Å². The second-order valence-corrected chi connectivity index (χ2v) is 6.58. The second kappa shape index (κ2) is 4.91. The molecule has 2 rings (SSSR count). The van der Waals surface area contributed by atoms with Crippen molar-refractivity contribution in [2.75, 3.05) is 4.72 Å². The standard InChI is InChI=1S/C10H9BrClN3O2S/c1-6-5-13-14-10(6)15-18(16,17)9-3-2-7(11)4-8(9)12/h2-5H,1H3,(H2,13,14,15). The number of benzene rings is 1. The maximum Gasteiger partial charge on any atom is 0.264 e. The van der Waals surface area contributed by atoms with E-state index in [0.717, 1.165) is 0 Å². The number of hydrogen-bond acceptors (Lipinski definition) is 3. The van der Waals surface area contributed by atoms with Gasteiger partial charge in [0.15, 0.2) is 0 Å². The van der Waals surface area contributed by atoms with E-state index in [0.29, 0.717) is 15.9 Å². The number of hydrogen-bond donors (Lipinski definition) is 2. The van der Waals surface area contributed by atoms with Crippen LogP contribution in [0.1, 0.15) is 5.56 Å². The molecule has 0 saturated heterocycles. The molecule has 0 aliphatic carbocycles. The molecule has 0 atom stereocenters. The number of aromatic amines is 1. The number of sulfonamides is 1. The lowest BCUT2D eigenvalue weighted by molar-refractivity contribution is 0.601. The second-order valence-electron chi connectivity index (χ2n) is 3.61. The van der Waals surface area contributed by atoms with E-state index >= 15 is 0 Å². The molecule has 0 aliphatic heterocycles. The Hall–Kier alpha value is -1.05. The van der Waals surface area contributed by atoms with Gasteiger partial charge in [-0.25, -0.2) is 8.42 Å². The third-order valence-corrected chi connectivity index (χ3v) is 4.57. The van der Waals surface area contributed by atoms with Gasteiger partial charge in [-0.1, -0.05) is 27.5 Å². The van der Waals surface area contributed by atoms with Crippen LogP contribution in [-0.4, -0.2) is 18.6 Å². The number of H-pyrrole nitrogens is 1. The molecule has 0 fully saturated rings. The molecule has 0 radical (unpaired) electrons. The van der Waals surface area contributed by atoms with Crippen molar-refractivity contribution in [2.45, 2.75) is 11.8 Å². The van der Waals surface area contributed by atoms with Crippen molar-refractivity contribution < 1.29 is 8.42 Å². The average molecular weight is 351 g/mol. The maximum atomic E-state index is 12.1. The number of anilines is 1. The van der Waals surface area contributed by atoms with Gasteiger partial charge in [0, 0.05) is 10.0 Å². The maximum absolute atomic E-state index is 12.1. The highest BCUT2D eigenvalue weighted by Crippen LogP contribution is 2.26. The molecule has 2 aromatic rings. The molecule has 0 saturated carbocycles. The molecule has 1 aromatic heterocycles. The summed E-state index contributed by atoms with van der Waals surface area (Å²) in [6.45, 7) is 1.74. The van der Waals surface area contributed by atoms with Gasteiger partial charge in [-0.15, -0.1) is 0 Å². The van der Waals surface area contributed by atoms with Gasteiger partial charge >= 0.3 is 0 Å². The van der Waals surface area contributed by atoms with Crippen molar-refractivity contribution in [1.29, 1.82) is 0 Å². The molecule has 5 nitrogen and oxygen atoms in total. The van der Waals surface area contributed by atoms with Gasteiger partial charge in [0.1, 0.15) is 10.7 Å². The molecule has 0 spiro atoms. The minimum Gasteiger partial charge on any atom is -0.263 e. The van der Waals surface area contributed by atoms with E-state index in [1.807, 2.05) is 0 Å². The van der Waals surface area contributed by atoms with Crippen LogP contribution in [0.25, 0.3) is 0 Å². The zero-order chi connectivity index (χ0) is 13.3. The lowest BCUT2D eigenvalue weighted by Gasteiger charge is -2.08. The van der Waals surface area contributed by atoms with Gasteiger partial charge in [0.2, 0.25) is 0 Å². The summed E-state index contributed by atoms with van der Waals surface area (Å²) in [5, 5.41) is 6.46. The van der Waals surface area contributed by atoms with E-state index in [9.17, 15) is 8.42 Å². The molecular formula is C10H9BrClN3O2S. The average Bonchev–Trinajstić information content (AvgIpc) is 2.63. The first kappa shape index (κ1) is 13.4. The van der Waals surface area contributed by atoms with Crippen LogP contribution < -0.4 is 4.72 Å². The van der Waals surface area contributed by atoms with Gasteiger partial charge in [0.05, 0.1) is 11.2 Å². The summed E-state index contributed by atoms with van der Waals surface area (Å²) in [6.07, 6.45) is 1.53. The predicted molar refractivity (Wildman–Crippen MR) is 73.3 cm³/mol. The molecule has 2 N–H and O–H groups in total. The number of halogens is 2. The first-order chi connectivity index (χ1) is 8.40. The van der Waals surface area contributed by atoms with Crippen molar-refractivity contribution >= 4 is 43.4 Å². The zero-order valence-corrected chi connectivity index (χ0v) is 12.4. The Morgan fingerprint density at radius 3 is 2.72 bits per heavy atom. The molecular weight excluding hydrogens is 342 g/mol. The summed E-state index contributed by atoms with van der Waals surface area (Å²) < 4.78 is 27.4. The Balaban J connectivity index is 2.40. The highest BCUT2D eigenvalue weighted by Gasteiger charge is 2.19. The fourth-order valence-corrected chi connectivity index (χ4v) is 3.46. The monoisotopic (exact) mass is 349 g/mol. The summed E-state index contributed by atoms with van der Waals surface area (Å²) in [5.41, 5.74) is 0.701. The Morgan fingerprint density at radius 1 is 1.44 bits per heavy atom. The van der Waals surface area contributed by atoms with Crippen molar-refractivity contribution in [1.82, 2.24) is 10.2 Å². The largest absolute Gasteiger partial charge is 0.264 e. The van der Waals surface area contributed by atoms with Gasteiger partial charge in [-0.05, 0) is 25.1 Å². The van der Waals surface area contributed by atoms with Crippen LogP contribution in [0.5, 0.6) is 0 Å². The summed E-state index contributed by atoms with van der Waals surface area (Å²) in [7, 11) is -3.73. The van der Waals surface area contributed by atoms with Gasteiger partial charge in [-0.2, -0.15) is 5.10 Å². The normalized spacial score (nSPS) is 11.5. The minimum atomic E-state index is -3.73. The Bertz CT molecular complexity index is 684. The van der Waals surface area contributed by atoms with Crippen molar-refractivity contribution in [2.24, 2.45) is 0 Å². The Kier molecular flexibility index (Phi) is 3.65. The zero-order valence-electron chi connectivity index (χ0n) is 9.24. The van der Waals surface area contributed by atoms with Crippen LogP contribution in [0.15, 0.2) is 33.8 Å². The highest BCUT2D eigenvalue weighted by atomic mass is 79.9. The molecule has 0 aliphatic rings. The van der Waals surface area contributed by atoms with E-state index < -0.39 is 10.0 Å². The van der Waals surface area contributed by atoms with Crippen LogP contribution in [0.2, 0.25) is 5.02 Å². The summed E-state index contributed by atoms with van der Waals surface area (Å²) in [4.78, 5) is 0.0152. The molecule has 18 heavy (non-hydrogen) atoms. The topological polar surface area (TPSA) is 74.8 Å². The third-order valence-electron chi connectivity index (χ3n) is 2.25. The van der Waals surface area contributed by atoms with E-state index in [4.69, 9.17) is 11.6 Å². The lowest BCUT2D eigenvalue weighted by atomic mass is 10.4. The van der Waals surface area contributed by atoms with Crippen molar-refractivity contribution in [3.05, 3.63) is 39.5 Å². The predicted octanol–water partition coefficient (Wildman–Crippen LogP) is 2.93. The van der Waals surface area contributed by atoms with Crippen molar-refractivity contribution in [3.63, 3.8) is 0 Å². The molecule has 1 aromatic carbocycles. The molecule has 0 amide bonds. The first-order valence-electron chi connectivity index (χ1n) is 4.88.